The summed E-state index contributed by atoms with van der Waals surface area (Å²) in [6.45, 7) is 3.06. The lowest BCUT2D eigenvalue weighted by atomic mass is 10.2. The summed E-state index contributed by atoms with van der Waals surface area (Å²) in [4.78, 5) is 6.31. The predicted molar refractivity (Wildman–Crippen MR) is 85.2 cm³/mol. The Morgan fingerprint density at radius 2 is 2.05 bits per heavy atom. The number of rotatable bonds is 6. The number of aromatic nitrogens is 1. The van der Waals surface area contributed by atoms with Crippen LogP contribution in [0.25, 0.3) is 0 Å². The average molecular weight is 287 g/mol. The third-order valence-electron chi connectivity index (χ3n) is 3.03. The molecule has 0 radical (unpaired) electrons. The molecule has 0 saturated carbocycles. The second-order valence-electron chi connectivity index (χ2n) is 4.89. The highest BCUT2D eigenvalue weighted by molar-refractivity contribution is 5.49. The lowest BCUT2D eigenvalue weighted by Gasteiger charge is -2.13. The number of aromatic hydroxyl groups is 1. The molecule has 0 aliphatic heterocycles. The van der Waals surface area contributed by atoms with E-state index in [2.05, 4.69) is 10.3 Å². The van der Waals surface area contributed by atoms with E-state index in [1.54, 1.807) is 12.3 Å². The minimum atomic E-state index is 0.164. The van der Waals surface area contributed by atoms with Crippen molar-refractivity contribution in [2.45, 2.75) is 13.5 Å². The standard InChI is InChI=1S/C16H21N3O2/c1-4-21-15-9-12(5-7-14(15)20)10-17-13-6-8-16(18-11-13)19(2)3/h5-9,11,17,20H,4,10H2,1-3H3. The molecule has 0 bridgehead atoms. The van der Waals surface area contributed by atoms with Crippen LogP contribution in [0.1, 0.15) is 12.5 Å². The molecule has 0 unspecified atom stereocenters. The number of phenols is 1. The van der Waals surface area contributed by atoms with Gasteiger partial charge in [-0.25, -0.2) is 4.98 Å². The SMILES string of the molecule is CCOc1cc(CNc2ccc(N(C)C)nc2)ccc1O. The van der Waals surface area contributed by atoms with Crippen LogP contribution < -0.4 is 15.0 Å². The molecule has 1 aromatic heterocycles. The number of nitrogens with zero attached hydrogens (tertiary/aromatic N) is 2. The molecular weight excluding hydrogens is 266 g/mol. The Morgan fingerprint density at radius 3 is 2.67 bits per heavy atom. The number of nitrogens with one attached hydrogen (secondary N) is 1. The highest BCUT2D eigenvalue weighted by Gasteiger charge is 2.04. The first-order valence-corrected chi connectivity index (χ1v) is 6.92. The molecule has 5 nitrogen and oxygen atoms in total. The maximum atomic E-state index is 9.67. The number of ether oxygens (including phenoxy) is 1. The highest BCUT2D eigenvalue weighted by atomic mass is 16.5. The summed E-state index contributed by atoms with van der Waals surface area (Å²) in [5.41, 5.74) is 1.99. The van der Waals surface area contributed by atoms with Gasteiger partial charge in [0.1, 0.15) is 5.82 Å². The Hall–Kier alpha value is -2.43. The van der Waals surface area contributed by atoms with Gasteiger partial charge in [0.25, 0.3) is 0 Å². The first-order chi connectivity index (χ1) is 10.1. The molecule has 21 heavy (non-hydrogen) atoms. The summed E-state index contributed by atoms with van der Waals surface area (Å²) < 4.78 is 5.38. The Balaban J connectivity index is 2.00. The van der Waals surface area contributed by atoms with E-state index < -0.39 is 0 Å². The minimum absolute atomic E-state index is 0.164. The molecular formula is C16H21N3O2. The van der Waals surface area contributed by atoms with Crippen LogP contribution in [0.2, 0.25) is 0 Å². The lowest BCUT2D eigenvalue weighted by molar-refractivity contribution is 0.318. The fraction of sp³-hybridized carbons (Fsp3) is 0.312. The van der Waals surface area contributed by atoms with Crippen LogP contribution in [-0.2, 0) is 6.54 Å². The maximum absolute atomic E-state index is 9.67. The number of benzene rings is 1. The molecule has 2 N–H and O–H groups in total. The average Bonchev–Trinajstić information content (AvgIpc) is 2.48. The van der Waals surface area contributed by atoms with E-state index in [4.69, 9.17) is 4.74 Å². The summed E-state index contributed by atoms with van der Waals surface area (Å²) in [5, 5.41) is 13.0. The van der Waals surface area contributed by atoms with E-state index in [0.717, 1.165) is 17.1 Å². The summed E-state index contributed by atoms with van der Waals surface area (Å²) in [5.74, 6) is 1.60. The van der Waals surface area contributed by atoms with Crippen LogP contribution in [0.3, 0.4) is 0 Å². The van der Waals surface area contributed by atoms with Gasteiger partial charge in [0.05, 0.1) is 18.5 Å². The zero-order valence-electron chi connectivity index (χ0n) is 12.6. The quantitative estimate of drug-likeness (QED) is 0.855. The summed E-state index contributed by atoms with van der Waals surface area (Å²) in [6.07, 6.45) is 1.80. The van der Waals surface area contributed by atoms with Gasteiger partial charge in [-0.3, -0.25) is 0 Å². The molecule has 0 spiro atoms. The summed E-state index contributed by atoms with van der Waals surface area (Å²) >= 11 is 0. The molecule has 0 saturated heterocycles. The van der Waals surface area contributed by atoms with E-state index in [1.807, 2.05) is 50.2 Å². The van der Waals surface area contributed by atoms with Crippen LogP contribution in [0.4, 0.5) is 11.5 Å². The van der Waals surface area contributed by atoms with Crippen LogP contribution in [0, 0.1) is 0 Å². The van der Waals surface area contributed by atoms with Gasteiger partial charge in [-0.2, -0.15) is 0 Å². The number of hydrogen-bond donors (Lipinski definition) is 2. The van der Waals surface area contributed by atoms with Crippen LogP contribution >= 0.6 is 0 Å². The molecule has 2 aromatic rings. The van der Waals surface area contributed by atoms with Gasteiger partial charge in [-0.1, -0.05) is 6.07 Å². The largest absolute Gasteiger partial charge is 0.504 e. The summed E-state index contributed by atoms with van der Waals surface area (Å²) in [7, 11) is 3.92. The second kappa shape index (κ2) is 6.83. The van der Waals surface area contributed by atoms with E-state index in [9.17, 15) is 5.11 Å². The zero-order valence-corrected chi connectivity index (χ0v) is 12.6. The van der Waals surface area contributed by atoms with Crippen molar-refractivity contribution in [2.24, 2.45) is 0 Å². The Bertz CT molecular complexity index is 583. The molecule has 0 amide bonds. The van der Waals surface area contributed by atoms with Crippen molar-refractivity contribution in [3.05, 3.63) is 42.1 Å². The number of hydrogen-bond acceptors (Lipinski definition) is 5. The first kappa shape index (κ1) is 15.0. The topological polar surface area (TPSA) is 57.6 Å². The smallest absolute Gasteiger partial charge is 0.161 e. The van der Waals surface area contributed by atoms with Gasteiger partial charge < -0.3 is 20.1 Å². The predicted octanol–water partition coefficient (Wildman–Crippen LogP) is 2.86. The van der Waals surface area contributed by atoms with Crippen molar-refractivity contribution in [3.8, 4) is 11.5 Å². The molecule has 112 valence electrons. The van der Waals surface area contributed by atoms with Crippen molar-refractivity contribution in [2.75, 3.05) is 30.9 Å². The third-order valence-corrected chi connectivity index (χ3v) is 3.03. The van der Waals surface area contributed by atoms with Gasteiger partial charge in [0, 0.05) is 20.6 Å². The Kier molecular flexibility index (Phi) is 4.87. The third kappa shape index (κ3) is 4.02. The molecule has 2 rings (SSSR count). The zero-order chi connectivity index (χ0) is 15.2. The van der Waals surface area contributed by atoms with E-state index >= 15 is 0 Å². The highest BCUT2D eigenvalue weighted by Crippen LogP contribution is 2.27. The monoisotopic (exact) mass is 287 g/mol. The summed E-state index contributed by atoms with van der Waals surface area (Å²) in [6, 6.07) is 9.31. The first-order valence-electron chi connectivity index (χ1n) is 6.92. The Labute approximate surface area is 125 Å². The number of pyridine rings is 1. The molecule has 1 aromatic carbocycles. The van der Waals surface area contributed by atoms with Crippen LogP contribution in [0.5, 0.6) is 11.5 Å². The van der Waals surface area contributed by atoms with Crippen molar-refractivity contribution in [1.82, 2.24) is 4.98 Å². The van der Waals surface area contributed by atoms with Crippen molar-refractivity contribution >= 4 is 11.5 Å². The van der Waals surface area contributed by atoms with Crippen molar-refractivity contribution in [3.63, 3.8) is 0 Å². The van der Waals surface area contributed by atoms with Gasteiger partial charge in [0.2, 0.25) is 0 Å². The molecule has 0 aliphatic rings. The van der Waals surface area contributed by atoms with E-state index in [0.29, 0.717) is 18.9 Å². The van der Waals surface area contributed by atoms with Gasteiger partial charge >= 0.3 is 0 Å². The molecule has 0 fully saturated rings. The Morgan fingerprint density at radius 1 is 1.24 bits per heavy atom. The van der Waals surface area contributed by atoms with Crippen molar-refractivity contribution < 1.29 is 9.84 Å². The molecule has 1 heterocycles. The maximum Gasteiger partial charge on any atom is 0.161 e. The van der Waals surface area contributed by atoms with Crippen LogP contribution in [0.15, 0.2) is 36.5 Å². The van der Waals surface area contributed by atoms with E-state index in [1.165, 1.54) is 0 Å². The molecule has 0 atom stereocenters. The second-order valence-corrected chi connectivity index (χ2v) is 4.89. The minimum Gasteiger partial charge on any atom is -0.504 e. The van der Waals surface area contributed by atoms with Gasteiger partial charge in [0.15, 0.2) is 11.5 Å². The number of phenolic OH excluding ortho intramolecular Hbond substituents is 1. The normalized spacial score (nSPS) is 10.2. The fourth-order valence-electron chi connectivity index (χ4n) is 1.90. The van der Waals surface area contributed by atoms with E-state index in [-0.39, 0.29) is 5.75 Å². The molecule has 5 heteroatoms. The fourth-order valence-corrected chi connectivity index (χ4v) is 1.90. The molecule has 0 aliphatic carbocycles. The van der Waals surface area contributed by atoms with Crippen molar-refractivity contribution in [1.29, 1.82) is 0 Å². The van der Waals surface area contributed by atoms with Crippen LogP contribution in [-0.4, -0.2) is 30.8 Å². The lowest BCUT2D eigenvalue weighted by Crippen LogP contribution is -2.10. The van der Waals surface area contributed by atoms with Gasteiger partial charge in [-0.15, -0.1) is 0 Å². The number of anilines is 2. The van der Waals surface area contributed by atoms with Gasteiger partial charge in [-0.05, 0) is 36.8 Å².